The molecule has 0 aliphatic carbocycles. The van der Waals surface area contributed by atoms with Crippen molar-refractivity contribution in [3.8, 4) is 17.2 Å². The number of halogens is 1. The number of carbonyl (C=O) groups is 1. The molecule has 0 bridgehead atoms. The van der Waals surface area contributed by atoms with Crippen LogP contribution in [0.15, 0.2) is 42.5 Å². The van der Waals surface area contributed by atoms with Gasteiger partial charge in [-0.15, -0.1) is 0 Å². The number of hydrogen-bond acceptors (Lipinski definition) is 5. The van der Waals surface area contributed by atoms with Crippen molar-refractivity contribution in [1.29, 1.82) is 0 Å². The van der Waals surface area contributed by atoms with Crippen LogP contribution in [0, 0.1) is 0 Å². The molecule has 0 aromatic heterocycles. The fraction of sp³-hybridized carbons (Fsp3) is 0.261. The van der Waals surface area contributed by atoms with Gasteiger partial charge in [-0.05, 0) is 68.5 Å². The quantitative estimate of drug-likeness (QED) is 0.344. The Labute approximate surface area is 175 Å². The number of ether oxygens (including phenoxy) is 4. The van der Waals surface area contributed by atoms with E-state index in [1.54, 1.807) is 43.5 Å². The molecule has 0 fully saturated rings. The number of hydrogen-bond donors (Lipinski definition) is 0. The van der Waals surface area contributed by atoms with Crippen LogP contribution in [0.3, 0.4) is 0 Å². The fourth-order valence-corrected chi connectivity index (χ4v) is 3.14. The first-order valence-corrected chi connectivity index (χ1v) is 9.45. The summed E-state index contributed by atoms with van der Waals surface area (Å²) in [6.07, 6.45) is 7.00. The van der Waals surface area contributed by atoms with E-state index in [4.69, 9.17) is 30.5 Å². The van der Waals surface area contributed by atoms with Gasteiger partial charge >= 0.3 is 0 Å². The van der Waals surface area contributed by atoms with Crippen molar-refractivity contribution in [2.75, 3.05) is 21.0 Å². The molecule has 0 unspecified atom stereocenters. The van der Waals surface area contributed by atoms with Crippen molar-refractivity contribution in [3.05, 3.63) is 64.2 Å². The summed E-state index contributed by atoms with van der Waals surface area (Å²) in [4.78, 5) is 13.0. The number of benzene rings is 2. The van der Waals surface area contributed by atoms with Crippen LogP contribution in [0.25, 0.3) is 12.2 Å². The third-order valence-electron chi connectivity index (χ3n) is 4.38. The molecule has 3 rings (SSSR count). The summed E-state index contributed by atoms with van der Waals surface area (Å²) in [5, 5.41) is 0.541. The Bertz CT molecular complexity index is 975. The molecule has 5 nitrogen and oxygen atoms in total. The zero-order valence-electron chi connectivity index (χ0n) is 16.8. The fourth-order valence-electron chi connectivity index (χ4n) is 2.96. The van der Waals surface area contributed by atoms with Gasteiger partial charge in [-0.1, -0.05) is 11.6 Å². The third kappa shape index (κ3) is 4.81. The number of methoxy groups -OCH3 is 2. The molecule has 0 N–H and O–H groups in total. The summed E-state index contributed by atoms with van der Waals surface area (Å²) in [5.74, 6) is 1.52. The predicted molar refractivity (Wildman–Crippen MR) is 114 cm³/mol. The zero-order chi connectivity index (χ0) is 21.0. The van der Waals surface area contributed by atoms with Crippen LogP contribution < -0.4 is 14.2 Å². The molecule has 29 heavy (non-hydrogen) atoms. The highest BCUT2D eigenvalue weighted by Gasteiger charge is 2.27. The maximum atomic E-state index is 13.0. The van der Waals surface area contributed by atoms with E-state index in [1.165, 1.54) is 13.2 Å². The highest BCUT2D eigenvalue weighted by molar-refractivity contribution is 6.30. The largest absolute Gasteiger partial charge is 0.496 e. The highest BCUT2D eigenvalue weighted by Crippen LogP contribution is 2.40. The van der Waals surface area contributed by atoms with Gasteiger partial charge in [-0.3, -0.25) is 4.79 Å². The van der Waals surface area contributed by atoms with E-state index in [2.05, 4.69) is 0 Å². The Morgan fingerprint density at radius 2 is 1.93 bits per heavy atom. The predicted octanol–water partition coefficient (Wildman–Crippen LogP) is 5.41. The third-order valence-corrected chi connectivity index (χ3v) is 4.61. The van der Waals surface area contributed by atoms with Gasteiger partial charge in [-0.25, -0.2) is 0 Å². The van der Waals surface area contributed by atoms with Gasteiger partial charge < -0.3 is 18.9 Å². The minimum Gasteiger partial charge on any atom is -0.496 e. The zero-order valence-corrected chi connectivity index (χ0v) is 17.6. The normalized spacial score (nSPS) is 14.4. The summed E-state index contributed by atoms with van der Waals surface area (Å²) in [7, 11) is 3.13. The maximum absolute atomic E-state index is 13.0. The maximum Gasteiger partial charge on any atom is 0.189 e. The lowest BCUT2D eigenvalue weighted by molar-refractivity contribution is 0.0510. The first kappa shape index (κ1) is 21.0. The van der Waals surface area contributed by atoms with Crippen molar-refractivity contribution >= 4 is 29.5 Å². The van der Waals surface area contributed by atoms with Crippen LogP contribution in [-0.4, -0.2) is 32.4 Å². The first-order chi connectivity index (χ1) is 13.8. The Morgan fingerprint density at radius 3 is 2.66 bits per heavy atom. The minimum absolute atomic E-state index is 0.0949. The van der Waals surface area contributed by atoms with Crippen LogP contribution in [0.2, 0.25) is 5.02 Å². The second kappa shape index (κ2) is 8.72. The van der Waals surface area contributed by atoms with Gasteiger partial charge in [0.2, 0.25) is 0 Å². The molecule has 152 valence electrons. The molecule has 0 atom stereocenters. The first-order valence-electron chi connectivity index (χ1n) is 9.07. The summed E-state index contributed by atoms with van der Waals surface area (Å²) in [6.45, 7) is 3.96. The number of allylic oxidation sites excluding steroid dienone is 1. The van der Waals surface area contributed by atoms with Crippen molar-refractivity contribution in [2.24, 2.45) is 0 Å². The second-order valence-electron chi connectivity index (χ2n) is 7.03. The van der Waals surface area contributed by atoms with Crippen LogP contribution in [-0.2, 0) is 4.74 Å². The lowest BCUT2D eigenvalue weighted by atomic mass is 9.97. The Morgan fingerprint density at radius 1 is 1.17 bits per heavy atom. The van der Waals surface area contributed by atoms with E-state index in [0.717, 1.165) is 5.56 Å². The van der Waals surface area contributed by atoms with Gasteiger partial charge in [0.1, 0.15) is 22.8 Å². The molecule has 6 heteroatoms. The Kier molecular flexibility index (Phi) is 6.30. The highest BCUT2D eigenvalue weighted by atomic mass is 35.5. The standard InChI is InChI=1S/C23H23ClO5/c1-23(2)12-11-18-21(27-4)10-7-17(22(18)29-23)19(25)8-5-15-13-16(24)6-9-20(15)28-14-26-3/h5-13H,14H2,1-4H3. The molecule has 0 spiro atoms. The minimum atomic E-state index is -0.522. The van der Waals surface area contributed by atoms with Gasteiger partial charge in [0.15, 0.2) is 12.6 Å². The topological polar surface area (TPSA) is 54.0 Å². The molecule has 0 radical (unpaired) electrons. The summed E-state index contributed by atoms with van der Waals surface area (Å²) >= 11 is 6.10. The van der Waals surface area contributed by atoms with E-state index >= 15 is 0 Å². The van der Waals surface area contributed by atoms with E-state index in [0.29, 0.717) is 33.4 Å². The van der Waals surface area contributed by atoms with Crippen LogP contribution in [0.5, 0.6) is 17.2 Å². The van der Waals surface area contributed by atoms with Crippen molar-refractivity contribution in [1.82, 2.24) is 0 Å². The lowest BCUT2D eigenvalue weighted by Crippen LogP contribution is -2.28. The van der Waals surface area contributed by atoms with Crippen LogP contribution >= 0.6 is 11.6 Å². The molecule has 0 saturated carbocycles. The Hall–Kier alpha value is -2.76. The van der Waals surface area contributed by atoms with Gasteiger partial charge in [0.05, 0.1) is 18.2 Å². The van der Waals surface area contributed by atoms with Crippen LogP contribution in [0.4, 0.5) is 0 Å². The molecule has 2 aromatic rings. The molecule has 2 aromatic carbocycles. The summed E-state index contributed by atoms with van der Waals surface area (Å²) in [6, 6.07) is 8.64. The number of carbonyl (C=O) groups excluding carboxylic acids is 1. The van der Waals surface area contributed by atoms with Gasteiger partial charge in [-0.2, -0.15) is 0 Å². The molecule has 1 aliphatic rings. The smallest absolute Gasteiger partial charge is 0.189 e. The SMILES string of the molecule is COCOc1ccc(Cl)cc1C=CC(=O)c1ccc(OC)c2c1OC(C)(C)C=C2. The Balaban J connectivity index is 1.95. The molecule has 0 saturated heterocycles. The molecule has 1 aliphatic heterocycles. The van der Waals surface area contributed by atoms with Crippen LogP contribution in [0.1, 0.15) is 35.3 Å². The van der Waals surface area contributed by atoms with E-state index in [9.17, 15) is 4.79 Å². The monoisotopic (exact) mass is 414 g/mol. The molecule has 1 heterocycles. The van der Waals surface area contributed by atoms with Crippen molar-refractivity contribution < 1.29 is 23.7 Å². The average molecular weight is 415 g/mol. The molecule has 0 amide bonds. The summed E-state index contributed by atoms with van der Waals surface area (Å²) < 4.78 is 22.0. The number of ketones is 1. The van der Waals surface area contributed by atoms with Crippen molar-refractivity contribution in [2.45, 2.75) is 19.4 Å². The van der Waals surface area contributed by atoms with Crippen molar-refractivity contribution in [3.63, 3.8) is 0 Å². The van der Waals surface area contributed by atoms with E-state index < -0.39 is 5.60 Å². The number of rotatable bonds is 7. The molecular weight excluding hydrogens is 392 g/mol. The average Bonchev–Trinajstić information content (AvgIpc) is 2.69. The van der Waals surface area contributed by atoms with Gasteiger partial charge in [0.25, 0.3) is 0 Å². The van der Waals surface area contributed by atoms with E-state index in [1.807, 2.05) is 26.0 Å². The lowest BCUT2D eigenvalue weighted by Gasteiger charge is -2.29. The van der Waals surface area contributed by atoms with E-state index in [-0.39, 0.29) is 12.6 Å². The van der Waals surface area contributed by atoms with Gasteiger partial charge in [0, 0.05) is 17.7 Å². The second-order valence-corrected chi connectivity index (χ2v) is 7.46. The molecular formula is C23H23ClO5. The number of fused-ring (bicyclic) bond motifs is 1. The summed E-state index contributed by atoms with van der Waals surface area (Å²) in [5.41, 5.74) is 1.35.